The summed E-state index contributed by atoms with van der Waals surface area (Å²) in [5.74, 6) is 0.0485. The van der Waals surface area contributed by atoms with E-state index in [0.717, 1.165) is 24.8 Å². The number of rotatable bonds is 2. The van der Waals surface area contributed by atoms with E-state index >= 15 is 0 Å². The summed E-state index contributed by atoms with van der Waals surface area (Å²) in [5.41, 5.74) is 6.91. The molecular formula is C18H28N2O2S. The smallest absolute Gasteiger partial charge is 0.251 e. The number of amides is 2. The molecule has 23 heavy (non-hydrogen) atoms. The van der Waals surface area contributed by atoms with Gasteiger partial charge in [0.2, 0.25) is 5.91 Å². The van der Waals surface area contributed by atoms with Gasteiger partial charge in [0.1, 0.15) is 5.00 Å². The van der Waals surface area contributed by atoms with Crippen molar-refractivity contribution in [3.05, 3.63) is 16.0 Å². The lowest BCUT2D eigenvalue weighted by Gasteiger charge is -2.33. The molecule has 0 radical (unpaired) electrons. The maximum absolute atomic E-state index is 12.3. The fraction of sp³-hybridized carbons (Fsp3) is 0.667. The molecule has 3 N–H and O–H groups in total. The molecule has 1 aromatic heterocycles. The van der Waals surface area contributed by atoms with Crippen LogP contribution < -0.4 is 11.1 Å². The predicted molar refractivity (Wildman–Crippen MR) is 95.9 cm³/mol. The lowest BCUT2D eigenvalue weighted by atomic mass is 9.72. The van der Waals surface area contributed by atoms with Gasteiger partial charge in [0.05, 0.1) is 5.56 Å². The van der Waals surface area contributed by atoms with E-state index in [2.05, 4.69) is 26.1 Å². The molecule has 1 heterocycles. The molecule has 1 aliphatic carbocycles. The van der Waals surface area contributed by atoms with Gasteiger partial charge in [0.15, 0.2) is 0 Å². The largest absolute Gasteiger partial charge is 0.365 e. The van der Waals surface area contributed by atoms with Gasteiger partial charge in [-0.1, -0.05) is 41.5 Å². The van der Waals surface area contributed by atoms with Crippen molar-refractivity contribution in [2.45, 2.75) is 60.8 Å². The molecule has 0 aromatic carbocycles. The minimum absolute atomic E-state index is 0.0917. The van der Waals surface area contributed by atoms with Crippen LogP contribution in [0.15, 0.2) is 0 Å². The van der Waals surface area contributed by atoms with E-state index in [1.807, 2.05) is 20.8 Å². The second-order valence-corrected chi connectivity index (χ2v) is 9.69. The number of carbonyl (C=O) groups excluding carboxylic acids is 2. The van der Waals surface area contributed by atoms with Crippen LogP contribution in [0.4, 0.5) is 5.00 Å². The minimum atomic E-state index is -0.507. The third-order valence-corrected chi connectivity index (χ3v) is 5.81. The Bertz CT molecular complexity index is 633. The van der Waals surface area contributed by atoms with Gasteiger partial charge in [-0.05, 0) is 36.2 Å². The maximum Gasteiger partial charge on any atom is 0.251 e. The lowest BCUT2D eigenvalue weighted by Crippen LogP contribution is -2.29. The highest BCUT2D eigenvalue weighted by molar-refractivity contribution is 7.17. The molecular weight excluding hydrogens is 308 g/mol. The van der Waals surface area contributed by atoms with Gasteiger partial charge >= 0.3 is 0 Å². The van der Waals surface area contributed by atoms with Crippen molar-refractivity contribution in [2.75, 3.05) is 5.32 Å². The van der Waals surface area contributed by atoms with Crippen LogP contribution in [0, 0.1) is 16.7 Å². The molecule has 0 fully saturated rings. The zero-order valence-corrected chi connectivity index (χ0v) is 15.8. The number of anilines is 1. The van der Waals surface area contributed by atoms with Gasteiger partial charge in [-0.15, -0.1) is 11.3 Å². The summed E-state index contributed by atoms with van der Waals surface area (Å²) in [6, 6.07) is 0. The molecule has 0 bridgehead atoms. The number of nitrogens with one attached hydrogen (secondary N) is 1. The first-order valence-corrected chi connectivity index (χ1v) is 8.98. The van der Waals surface area contributed by atoms with Crippen LogP contribution in [0.1, 0.15) is 68.8 Å². The van der Waals surface area contributed by atoms with Crippen molar-refractivity contribution < 1.29 is 9.59 Å². The number of hydrogen-bond donors (Lipinski definition) is 2. The van der Waals surface area contributed by atoms with Gasteiger partial charge in [0.25, 0.3) is 5.91 Å². The summed E-state index contributed by atoms with van der Waals surface area (Å²) in [5, 5.41) is 3.54. The van der Waals surface area contributed by atoms with E-state index in [1.165, 1.54) is 16.2 Å². The monoisotopic (exact) mass is 336 g/mol. The third kappa shape index (κ3) is 3.77. The SMILES string of the molecule is CC(C)(C)C(=O)Nc1sc2c(c1C(N)=O)CC[C@@H](C(C)(C)C)C2. The molecule has 0 saturated heterocycles. The summed E-state index contributed by atoms with van der Waals surface area (Å²) in [6.45, 7) is 12.3. The van der Waals surface area contributed by atoms with Crippen LogP contribution in [0.25, 0.3) is 0 Å². The van der Waals surface area contributed by atoms with E-state index in [-0.39, 0.29) is 11.3 Å². The Morgan fingerprint density at radius 2 is 1.78 bits per heavy atom. The van der Waals surface area contributed by atoms with E-state index in [4.69, 9.17) is 5.73 Å². The van der Waals surface area contributed by atoms with Crippen LogP contribution in [0.3, 0.4) is 0 Å². The summed E-state index contributed by atoms with van der Waals surface area (Å²) >= 11 is 1.52. The van der Waals surface area contributed by atoms with Crippen LogP contribution in [-0.4, -0.2) is 11.8 Å². The van der Waals surface area contributed by atoms with Gasteiger partial charge in [0, 0.05) is 10.3 Å². The Kier molecular flexibility index (Phi) is 4.64. The van der Waals surface area contributed by atoms with Crippen molar-refractivity contribution in [1.29, 1.82) is 0 Å². The average Bonchev–Trinajstić information content (AvgIpc) is 2.73. The molecule has 0 saturated carbocycles. The first kappa shape index (κ1) is 18.0. The van der Waals surface area contributed by atoms with Crippen LogP contribution in [0.2, 0.25) is 0 Å². The zero-order chi connectivity index (χ0) is 17.6. The van der Waals surface area contributed by atoms with E-state index in [9.17, 15) is 9.59 Å². The second-order valence-electron chi connectivity index (χ2n) is 8.58. The van der Waals surface area contributed by atoms with Crippen molar-refractivity contribution in [2.24, 2.45) is 22.5 Å². The Morgan fingerprint density at radius 3 is 2.26 bits per heavy atom. The highest BCUT2D eigenvalue weighted by Crippen LogP contribution is 2.44. The average molecular weight is 337 g/mol. The summed E-state index contributed by atoms with van der Waals surface area (Å²) in [4.78, 5) is 25.4. The van der Waals surface area contributed by atoms with Crippen LogP contribution in [-0.2, 0) is 17.6 Å². The third-order valence-electron chi connectivity index (χ3n) is 4.64. The molecule has 1 atom stereocenters. The molecule has 128 valence electrons. The molecule has 5 heteroatoms. The number of thiophene rings is 1. The number of fused-ring (bicyclic) bond motifs is 1. The van der Waals surface area contributed by atoms with E-state index in [0.29, 0.717) is 16.5 Å². The maximum atomic E-state index is 12.3. The second kappa shape index (κ2) is 5.93. The lowest BCUT2D eigenvalue weighted by molar-refractivity contribution is -0.123. The molecule has 1 aliphatic rings. The number of hydrogen-bond acceptors (Lipinski definition) is 3. The standard InChI is InChI=1S/C18H28N2O2S/c1-17(2,3)10-7-8-11-12(9-10)23-15(13(11)14(19)21)20-16(22)18(4,5)6/h10H,7-9H2,1-6H3,(H2,19,21)(H,20,22)/t10-/m1/s1. The topological polar surface area (TPSA) is 72.2 Å². The summed E-state index contributed by atoms with van der Waals surface area (Å²) in [6.07, 6.45) is 2.87. The fourth-order valence-electron chi connectivity index (χ4n) is 2.96. The van der Waals surface area contributed by atoms with Crippen molar-refractivity contribution in [1.82, 2.24) is 0 Å². The van der Waals surface area contributed by atoms with Gasteiger partial charge in [-0.25, -0.2) is 0 Å². The fourth-order valence-corrected chi connectivity index (χ4v) is 4.29. The van der Waals surface area contributed by atoms with Crippen molar-refractivity contribution in [3.63, 3.8) is 0 Å². The van der Waals surface area contributed by atoms with Crippen LogP contribution >= 0.6 is 11.3 Å². The van der Waals surface area contributed by atoms with Crippen molar-refractivity contribution in [3.8, 4) is 0 Å². The van der Waals surface area contributed by atoms with Gasteiger partial charge < -0.3 is 11.1 Å². The normalized spacial score (nSPS) is 18.4. The van der Waals surface area contributed by atoms with Gasteiger partial charge in [-0.3, -0.25) is 9.59 Å². The molecule has 0 spiro atoms. The molecule has 0 aliphatic heterocycles. The first-order valence-electron chi connectivity index (χ1n) is 8.17. The Morgan fingerprint density at radius 1 is 1.17 bits per heavy atom. The van der Waals surface area contributed by atoms with E-state index < -0.39 is 11.3 Å². The Balaban J connectivity index is 2.37. The van der Waals surface area contributed by atoms with Crippen LogP contribution in [0.5, 0.6) is 0 Å². The summed E-state index contributed by atoms with van der Waals surface area (Å²) in [7, 11) is 0. The molecule has 0 unspecified atom stereocenters. The van der Waals surface area contributed by atoms with E-state index in [1.54, 1.807) is 0 Å². The van der Waals surface area contributed by atoms with Gasteiger partial charge in [-0.2, -0.15) is 0 Å². The Labute approximate surface area is 142 Å². The first-order chi connectivity index (χ1) is 10.4. The highest BCUT2D eigenvalue weighted by atomic mass is 32.1. The Hall–Kier alpha value is -1.36. The predicted octanol–water partition coefficient (Wildman–Crippen LogP) is 3.98. The molecule has 2 amide bonds. The number of nitrogens with two attached hydrogens (primary N) is 1. The molecule has 1 aromatic rings. The summed E-state index contributed by atoms with van der Waals surface area (Å²) < 4.78 is 0. The zero-order valence-electron chi connectivity index (χ0n) is 15.0. The molecule has 2 rings (SSSR count). The molecule has 4 nitrogen and oxygen atoms in total. The number of primary amides is 1. The van der Waals surface area contributed by atoms with Crippen molar-refractivity contribution >= 4 is 28.2 Å². The number of carbonyl (C=O) groups is 2. The highest BCUT2D eigenvalue weighted by Gasteiger charge is 2.34. The quantitative estimate of drug-likeness (QED) is 0.857. The minimum Gasteiger partial charge on any atom is -0.365 e.